The number of benzene rings is 1. The lowest BCUT2D eigenvalue weighted by molar-refractivity contribution is -0.158. The molecule has 0 unspecified atom stereocenters. The second-order valence-corrected chi connectivity index (χ2v) is 7.42. The number of nitrogens with zero attached hydrogens (tertiary/aromatic N) is 2. The highest BCUT2D eigenvalue weighted by molar-refractivity contribution is 5.97. The van der Waals surface area contributed by atoms with Crippen molar-refractivity contribution in [3.05, 3.63) is 35.5 Å². The van der Waals surface area contributed by atoms with Gasteiger partial charge in [-0.15, -0.1) is 0 Å². The van der Waals surface area contributed by atoms with Crippen molar-refractivity contribution < 1.29 is 9.59 Å². The number of amides is 2. The predicted molar refractivity (Wildman–Crippen MR) is 92.5 cm³/mol. The van der Waals surface area contributed by atoms with Crippen LogP contribution in [0.3, 0.4) is 0 Å². The van der Waals surface area contributed by atoms with Gasteiger partial charge in [-0.25, -0.2) is 0 Å². The Morgan fingerprint density at radius 1 is 1.25 bits per heavy atom. The summed E-state index contributed by atoms with van der Waals surface area (Å²) < 4.78 is 0. The van der Waals surface area contributed by atoms with E-state index in [2.05, 4.69) is 31.0 Å². The Labute approximate surface area is 141 Å². The molecule has 0 radical (unpaired) electrons. The number of aromatic nitrogens is 1. The number of likely N-dealkylation sites (N-methyl/N-ethyl adjacent to an activating group) is 1. The molecule has 126 valence electrons. The Balaban J connectivity index is 1.89. The van der Waals surface area contributed by atoms with E-state index in [1.807, 2.05) is 17.0 Å². The highest BCUT2D eigenvalue weighted by Gasteiger charge is 2.46. The lowest BCUT2D eigenvalue weighted by Crippen LogP contribution is -2.62. The highest BCUT2D eigenvalue weighted by atomic mass is 16.2. The van der Waals surface area contributed by atoms with Gasteiger partial charge in [0, 0.05) is 30.1 Å². The summed E-state index contributed by atoms with van der Waals surface area (Å²) in [5.41, 5.74) is 3.41. The summed E-state index contributed by atoms with van der Waals surface area (Å²) in [5, 5.41) is 1.18. The monoisotopic (exact) mass is 325 g/mol. The average Bonchev–Trinajstić information content (AvgIpc) is 2.91. The van der Waals surface area contributed by atoms with Gasteiger partial charge < -0.3 is 14.8 Å². The Kier molecular flexibility index (Phi) is 3.41. The van der Waals surface area contributed by atoms with Gasteiger partial charge in [0.05, 0.1) is 12.6 Å². The number of carbonyl (C=O) groups is 2. The predicted octanol–water partition coefficient (Wildman–Crippen LogP) is 2.48. The summed E-state index contributed by atoms with van der Waals surface area (Å²) >= 11 is 0. The molecule has 1 saturated heterocycles. The van der Waals surface area contributed by atoms with E-state index in [1.54, 1.807) is 11.9 Å². The molecule has 0 aliphatic carbocycles. The van der Waals surface area contributed by atoms with Gasteiger partial charge in [0.25, 0.3) is 0 Å². The van der Waals surface area contributed by atoms with Crippen LogP contribution in [-0.4, -0.2) is 46.2 Å². The molecule has 2 aliphatic rings. The zero-order valence-electron chi connectivity index (χ0n) is 14.4. The molecule has 0 spiro atoms. The number of aromatic amines is 1. The van der Waals surface area contributed by atoms with Gasteiger partial charge in [-0.05, 0) is 24.0 Å². The molecule has 5 heteroatoms. The van der Waals surface area contributed by atoms with Crippen molar-refractivity contribution >= 4 is 22.7 Å². The standard InChI is InChI=1S/C19H23N3O2/c1-11(2)8-15-18-13(12-6-4-5-7-14(12)20-18)9-16-19(24)21(3)10-17(23)22(15)16/h4-7,11,15-16,20H,8-10H2,1-3H3/t15-,16+/m0/s1. The molecule has 1 N–H and O–H groups in total. The first-order valence-corrected chi connectivity index (χ1v) is 8.63. The molecule has 0 saturated carbocycles. The quantitative estimate of drug-likeness (QED) is 0.922. The second-order valence-electron chi connectivity index (χ2n) is 7.42. The Hall–Kier alpha value is -2.30. The van der Waals surface area contributed by atoms with Gasteiger partial charge in [0.1, 0.15) is 6.04 Å². The molecule has 3 heterocycles. The van der Waals surface area contributed by atoms with Gasteiger partial charge in [0.2, 0.25) is 11.8 Å². The van der Waals surface area contributed by atoms with E-state index < -0.39 is 0 Å². The van der Waals surface area contributed by atoms with Gasteiger partial charge in [0.15, 0.2) is 0 Å². The van der Waals surface area contributed by atoms with E-state index in [4.69, 9.17) is 0 Å². The first kappa shape index (κ1) is 15.2. The number of H-pyrrole nitrogens is 1. The molecule has 5 nitrogen and oxygen atoms in total. The molecular formula is C19H23N3O2. The van der Waals surface area contributed by atoms with Crippen molar-refractivity contribution in [2.75, 3.05) is 13.6 Å². The Morgan fingerprint density at radius 2 is 2.00 bits per heavy atom. The molecule has 2 amide bonds. The van der Waals surface area contributed by atoms with Crippen LogP contribution in [0, 0.1) is 5.92 Å². The van der Waals surface area contributed by atoms with Crippen LogP contribution in [0.15, 0.2) is 24.3 Å². The minimum Gasteiger partial charge on any atom is -0.356 e. The van der Waals surface area contributed by atoms with Crippen LogP contribution in [0.4, 0.5) is 0 Å². The topological polar surface area (TPSA) is 56.4 Å². The Morgan fingerprint density at radius 3 is 2.75 bits per heavy atom. The van der Waals surface area contributed by atoms with E-state index >= 15 is 0 Å². The zero-order chi connectivity index (χ0) is 17.0. The number of rotatable bonds is 2. The summed E-state index contributed by atoms with van der Waals surface area (Å²) in [7, 11) is 1.72. The van der Waals surface area contributed by atoms with Crippen molar-refractivity contribution in [2.24, 2.45) is 5.92 Å². The number of fused-ring (bicyclic) bond motifs is 4. The maximum atomic E-state index is 12.7. The normalized spacial score (nSPS) is 23.8. The fourth-order valence-electron chi connectivity index (χ4n) is 4.22. The number of para-hydroxylation sites is 1. The van der Waals surface area contributed by atoms with Crippen LogP contribution < -0.4 is 0 Å². The fourth-order valence-corrected chi connectivity index (χ4v) is 4.22. The first-order valence-electron chi connectivity index (χ1n) is 8.63. The molecule has 24 heavy (non-hydrogen) atoms. The zero-order valence-corrected chi connectivity index (χ0v) is 14.4. The van der Waals surface area contributed by atoms with E-state index in [0.717, 1.165) is 17.6 Å². The van der Waals surface area contributed by atoms with E-state index in [0.29, 0.717) is 12.3 Å². The molecule has 0 bridgehead atoms. The number of hydrogen-bond acceptors (Lipinski definition) is 2. The minimum absolute atomic E-state index is 0.0451. The van der Waals surface area contributed by atoms with Crippen LogP contribution in [-0.2, 0) is 16.0 Å². The van der Waals surface area contributed by atoms with E-state index in [9.17, 15) is 9.59 Å². The maximum Gasteiger partial charge on any atom is 0.245 e. The van der Waals surface area contributed by atoms with Crippen LogP contribution >= 0.6 is 0 Å². The maximum absolute atomic E-state index is 12.7. The van der Waals surface area contributed by atoms with E-state index in [-0.39, 0.29) is 30.4 Å². The summed E-state index contributed by atoms with van der Waals surface area (Å²) in [6.45, 7) is 4.50. The van der Waals surface area contributed by atoms with Crippen LogP contribution in [0.25, 0.3) is 10.9 Å². The third-order valence-electron chi connectivity index (χ3n) is 5.27. The smallest absolute Gasteiger partial charge is 0.245 e. The lowest BCUT2D eigenvalue weighted by Gasteiger charge is -2.46. The van der Waals surface area contributed by atoms with Gasteiger partial charge in [-0.2, -0.15) is 0 Å². The summed E-state index contributed by atoms with van der Waals surface area (Å²) in [4.78, 5) is 32.4. The van der Waals surface area contributed by atoms with Crippen molar-refractivity contribution in [3.63, 3.8) is 0 Å². The number of carbonyl (C=O) groups excluding carboxylic acids is 2. The molecule has 1 aromatic carbocycles. The van der Waals surface area contributed by atoms with E-state index in [1.165, 1.54) is 10.9 Å². The molecule has 1 aromatic heterocycles. The Bertz CT molecular complexity index is 823. The van der Waals surface area contributed by atoms with Crippen LogP contribution in [0.5, 0.6) is 0 Å². The van der Waals surface area contributed by atoms with Crippen molar-refractivity contribution in [3.8, 4) is 0 Å². The molecule has 1 fully saturated rings. The molecule has 2 aliphatic heterocycles. The minimum atomic E-state index is -0.369. The first-order chi connectivity index (χ1) is 11.5. The lowest BCUT2D eigenvalue weighted by atomic mass is 9.86. The highest BCUT2D eigenvalue weighted by Crippen LogP contribution is 2.41. The molecule has 2 atom stereocenters. The summed E-state index contributed by atoms with van der Waals surface area (Å²) in [6, 6.07) is 7.79. The average molecular weight is 325 g/mol. The van der Waals surface area contributed by atoms with Crippen molar-refractivity contribution in [1.82, 2.24) is 14.8 Å². The van der Waals surface area contributed by atoms with Crippen LogP contribution in [0.2, 0.25) is 0 Å². The summed E-state index contributed by atoms with van der Waals surface area (Å²) in [6.07, 6.45) is 1.46. The van der Waals surface area contributed by atoms with Crippen LogP contribution in [0.1, 0.15) is 37.6 Å². The number of hydrogen-bond donors (Lipinski definition) is 1. The number of piperazine rings is 1. The van der Waals surface area contributed by atoms with Crippen molar-refractivity contribution in [1.29, 1.82) is 0 Å². The van der Waals surface area contributed by atoms with Gasteiger partial charge in [-0.1, -0.05) is 32.0 Å². The molecule has 2 aromatic rings. The molecular weight excluding hydrogens is 302 g/mol. The largest absolute Gasteiger partial charge is 0.356 e. The summed E-state index contributed by atoms with van der Waals surface area (Å²) in [5.74, 6) is 0.548. The SMILES string of the molecule is CC(C)C[C@H]1c2[nH]c3ccccc3c2C[C@@H]2C(=O)N(C)CC(=O)N21. The van der Waals surface area contributed by atoms with Gasteiger partial charge >= 0.3 is 0 Å². The second kappa shape index (κ2) is 5.36. The third kappa shape index (κ3) is 2.14. The molecule has 4 rings (SSSR count). The van der Waals surface area contributed by atoms with Gasteiger partial charge in [-0.3, -0.25) is 9.59 Å². The fraction of sp³-hybridized carbons (Fsp3) is 0.474. The van der Waals surface area contributed by atoms with Crippen molar-refractivity contribution in [2.45, 2.75) is 38.8 Å². The third-order valence-corrected chi connectivity index (χ3v) is 5.27. The number of nitrogens with one attached hydrogen (secondary N) is 1.